The van der Waals surface area contributed by atoms with E-state index in [-0.39, 0.29) is 5.97 Å². The Hall–Kier alpha value is -2.20. The molecule has 0 bridgehead atoms. The normalized spacial score (nSPS) is 10.3. The zero-order chi connectivity index (χ0) is 17.4. The van der Waals surface area contributed by atoms with Gasteiger partial charge in [-0.05, 0) is 56.2 Å². The zero-order valence-corrected chi connectivity index (χ0v) is 14.7. The van der Waals surface area contributed by atoms with Gasteiger partial charge in [-0.1, -0.05) is 23.2 Å². The van der Waals surface area contributed by atoms with Crippen LogP contribution in [-0.2, 0) is 4.74 Å². The number of carbonyl (C=O) groups is 1. The first-order valence-electron chi connectivity index (χ1n) is 7.91. The predicted octanol–water partition coefficient (Wildman–Crippen LogP) is 4.71. The van der Waals surface area contributed by atoms with Crippen molar-refractivity contribution in [1.29, 1.82) is 0 Å². The van der Waals surface area contributed by atoms with Crippen molar-refractivity contribution in [3.63, 3.8) is 0 Å². The van der Waals surface area contributed by atoms with E-state index in [0.717, 1.165) is 36.4 Å². The van der Waals surface area contributed by atoms with E-state index in [2.05, 4.69) is 5.32 Å². The fourth-order valence-electron chi connectivity index (χ4n) is 2.26. The molecule has 4 nitrogen and oxygen atoms in total. The number of carbonyl (C=O) groups excluding carboxylic acids is 1. The minimum absolute atomic E-state index is 0.327. The Labute approximate surface area is 147 Å². The molecule has 0 unspecified atom stereocenters. The van der Waals surface area contributed by atoms with E-state index in [9.17, 15) is 4.79 Å². The van der Waals surface area contributed by atoms with Gasteiger partial charge in [0.15, 0.2) is 0 Å². The van der Waals surface area contributed by atoms with Gasteiger partial charge in [0.25, 0.3) is 0 Å². The van der Waals surface area contributed by atoms with E-state index in [1.807, 2.05) is 49.4 Å². The van der Waals surface area contributed by atoms with Crippen molar-refractivity contribution in [1.82, 2.24) is 0 Å². The second-order valence-electron chi connectivity index (χ2n) is 5.48. The van der Waals surface area contributed by atoms with Crippen LogP contribution in [0.3, 0.4) is 0 Å². The molecule has 2 aromatic rings. The SMILES string of the molecule is COC(=O)c1cc(C)ccc1NCCCCOc1ccc(Cl)cc1. The molecule has 0 aliphatic heterocycles. The molecule has 2 aromatic carbocycles. The Morgan fingerprint density at radius 1 is 1.12 bits per heavy atom. The van der Waals surface area contributed by atoms with Gasteiger partial charge >= 0.3 is 5.97 Å². The van der Waals surface area contributed by atoms with E-state index < -0.39 is 0 Å². The maximum Gasteiger partial charge on any atom is 0.339 e. The van der Waals surface area contributed by atoms with E-state index >= 15 is 0 Å². The van der Waals surface area contributed by atoms with Gasteiger partial charge in [0.1, 0.15) is 5.75 Å². The van der Waals surface area contributed by atoms with Crippen molar-refractivity contribution < 1.29 is 14.3 Å². The largest absolute Gasteiger partial charge is 0.494 e. The summed E-state index contributed by atoms with van der Waals surface area (Å²) in [6, 6.07) is 13.0. The summed E-state index contributed by atoms with van der Waals surface area (Å²) in [5, 5.41) is 3.99. The average molecular weight is 348 g/mol. The Bertz CT molecular complexity index is 671. The van der Waals surface area contributed by atoms with E-state index in [0.29, 0.717) is 17.2 Å². The van der Waals surface area contributed by atoms with E-state index in [1.54, 1.807) is 0 Å². The van der Waals surface area contributed by atoms with Crippen LogP contribution in [-0.4, -0.2) is 26.2 Å². The van der Waals surface area contributed by atoms with E-state index in [1.165, 1.54) is 7.11 Å². The molecule has 0 saturated heterocycles. The van der Waals surface area contributed by atoms with Crippen molar-refractivity contribution in [2.24, 2.45) is 0 Å². The number of hydrogen-bond acceptors (Lipinski definition) is 4. The van der Waals surface area contributed by atoms with Crippen LogP contribution in [0.15, 0.2) is 42.5 Å². The van der Waals surface area contributed by atoms with Gasteiger partial charge in [-0.25, -0.2) is 4.79 Å². The van der Waals surface area contributed by atoms with Gasteiger partial charge in [0.05, 0.1) is 19.3 Å². The topological polar surface area (TPSA) is 47.6 Å². The van der Waals surface area contributed by atoms with Crippen molar-refractivity contribution in [2.45, 2.75) is 19.8 Å². The van der Waals surface area contributed by atoms with Crippen molar-refractivity contribution in [3.8, 4) is 5.75 Å². The highest BCUT2D eigenvalue weighted by Gasteiger charge is 2.11. The summed E-state index contributed by atoms with van der Waals surface area (Å²) in [5.41, 5.74) is 2.39. The molecule has 128 valence electrons. The highest BCUT2D eigenvalue weighted by Crippen LogP contribution is 2.19. The maximum absolute atomic E-state index is 11.8. The lowest BCUT2D eigenvalue weighted by Gasteiger charge is -2.12. The number of halogens is 1. The molecular formula is C19H22ClNO3. The first kappa shape index (κ1) is 18.1. The van der Waals surface area contributed by atoms with Gasteiger partial charge < -0.3 is 14.8 Å². The summed E-state index contributed by atoms with van der Waals surface area (Å²) in [6.45, 7) is 3.35. The number of benzene rings is 2. The molecule has 0 aromatic heterocycles. The number of esters is 1. The minimum atomic E-state index is -0.327. The van der Waals surface area contributed by atoms with Crippen molar-refractivity contribution in [3.05, 3.63) is 58.6 Å². The highest BCUT2D eigenvalue weighted by atomic mass is 35.5. The Balaban J connectivity index is 1.74. The van der Waals surface area contributed by atoms with Crippen molar-refractivity contribution >= 4 is 23.3 Å². The summed E-state index contributed by atoms with van der Waals surface area (Å²) < 4.78 is 10.5. The first-order chi connectivity index (χ1) is 11.6. The predicted molar refractivity (Wildman–Crippen MR) is 97.2 cm³/mol. The monoisotopic (exact) mass is 347 g/mol. The number of methoxy groups -OCH3 is 1. The van der Waals surface area contributed by atoms with Crippen LogP contribution in [0.1, 0.15) is 28.8 Å². The molecule has 0 saturated carbocycles. The molecule has 2 rings (SSSR count). The summed E-state index contributed by atoms with van der Waals surface area (Å²) in [6.07, 6.45) is 1.84. The van der Waals surface area contributed by atoms with Gasteiger partial charge in [-0.3, -0.25) is 0 Å². The highest BCUT2D eigenvalue weighted by molar-refractivity contribution is 6.30. The first-order valence-corrected chi connectivity index (χ1v) is 8.29. The molecule has 0 fully saturated rings. The summed E-state index contributed by atoms with van der Waals surface area (Å²) in [5.74, 6) is 0.492. The third-order valence-corrected chi connectivity index (χ3v) is 3.80. The number of aryl methyl sites for hydroxylation is 1. The van der Waals surface area contributed by atoms with Crippen LogP contribution >= 0.6 is 11.6 Å². The second-order valence-corrected chi connectivity index (χ2v) is 5.91. The number of ether oxygens (including phenoxy) is 2. The summed E-state index contributed by atoms with van der Waals surface area (Å²) in [4.78, 5) is 11.8. The van der Waals surface area contributed by atoms with Gasteiger partial charge in [-0.2, -0.15) is 0 Å². The zero-order valence-electron chi connectivity index (χ0n) is 14.0. The van der Waals surface area contributed by atoms with Crippen LogP contribution in [0.2, 0.25) is 5.02 Å². The number of anilines is 1. The molecule has 0 atom stereocenters. The smallest absolute Gasteiger partial charge is 0.339 e. The van der Waals surface area contributed by atoms with Gasteiger partial charge in [-0.15, -0.1) is 0 Å². The van der Waals surface area contributed by atoms with Crippen LogP contribution in [0, 0.1) is 6.92 Å². The molecule has 0 radical (unpaired) electrons. The van der Waals surface area contributed by atoms with Gasteiger partial charge in [0.2, 0.25) is 0 Å². The van der Waals surface area contributed by atoms with Gasteiger partial charge in [0, 0.05) is 17.3 Å². The van der Waals surface area contributed by atoms with Crippen LogP contribution in [0.5, 0.6) is 5.75 Å². The number of nitrogens with one attached hydrogen (secondary N) is 1. The second kappa shape index (κ2) is 9.18. The quantitative estimate of drug-likeness (QED) is 0.555. The number of hydrogen-bond donors (Lipinski definition) is 1. The van der Waals surface area contributed by atoms with Crippen LogP contribution < -0.4 is 10.1 Å². The fourth-order valence-corrected chi connectivity index (χ4v) is 2.39. The standard InChI is InChI=1S/C19H22ClNO3/c1-14-5-10-18(17(13-14)19(22)23-2)21-11-3-4-12-24-16-8-6-15(20)7-9-16/h5-10,13,21H,3-4,11-12H2,1-2H3. The molecule has 5 heteroatoms. The maximum atomic E-state index is 11.8. The lowest BCUT2D eigenvalue weighted by Crippen LogP contribution is -2.10. The third-order valence-electron chi connectivity index (χ3n) is 3.55. The molecular weight excluding hydrogens is 326 g/mol. The molecule has 1 N–H and O–H groups in total. The van der Waals surface area contributed by atoms with Crippen molar-refractivity contribution in [2.75, 3.05) is 25.6 Å². The molecule has 0 aliphatic rings. The lowest BCUT2D eigenvalue weighted by atomic mass is 10.1. The third kappa shape index (κ3) is 5.46. The molecule has 0 spiro atoms. The molecule has 24 heavy (non-hydrogen) atoms. The fraction of sp³-hybridized carbons (Fsp3) is 0.316. The molecule has 0 amide bonds. The van der Waals surface area contributed by atoms with Crippen LogP contribution in [0.4, 0.5) is 5.69 Å². The Morgan fingerprint density at radius 3 is 2.58 bits per heavy atom. The minimum Gasteiger partial charge on any atom is -0.494 e. The molecule has 0 aliphatic carbocycles. The Kier molecular flexibility index (Phi) is 6.94. The Morgan fingerprint density at radius 2 is 1.88 bits per heavy atom. The summed E-state index contributed by atoms with van der Waals surface area (Å²) in [7, 11) is 1.39. The molecule has 0 heterocycles. The number of rotatable bonds is 8. The van der Waals surface area contributed by atoms with Crippen LogP contribution in [0.25, 0.3) is 0 Å². The lowest BCUT2D eigenvalue weighted by molar-refractivity contribution is 0.0601. The number of unbranched alkanes of at least 4 members (excludes halogenated alkanes) is 1. The van der Waals surface area contributed by atoms with E-state index in [4.69, 9.17) is 21.1 Å². The summed E-state index contributed by atoms with van der Waals surface area (Å²) >= 11 is 5.83. The average Bonchev–Trinajstić information content (AvgIpc) is 2.59.